The Bertz CT molecular complexity index is 212. The number of allylic oxidation sites excluding steroid dienone is 1. The van der Waals surface area contributed by atoms with Crippen LogP contribution in [0.2, 0.25) is 0 Å². The van der Waals surface area contributed by atoms with Gasteiger partial charge in [0.15, 0.2) is 0 Å². The van der Waals surface area contributed by atoms with E-state index in [0.717, 1.165) is 32.2 Å². The molecule has 1 N–H and O–H groups in total. The Kier molecular flexibility index (Phi) is 6.25. The summed E-state index contributed by atoms with van der Waals surface area (Å²) < 4.78 is 0. The van der Waals surface area contributed by atoms with E-state index in [2.05, 4.69) is 6.58 Å². The van der Waals surface area contributed by atoms with E-state index in [1.54, 1.807) is 13.8 Å². The molecule has 0 radical (unpaired) electrons. The molecule has 0 aromatic rings. The molecule has 0 aliphatic heterocycles. The van der Waals surface area contributed by atoms with Crippen molar-refractivity contribution < 1.29 is 9.90 Å². The molecule has 0 unspecified atom stereocenters. The van der Waals surface area contributed by atoms with Crippen LogP contribution in [-0.2, 0) is 4.79 Å². The monoisotopic (exact) mass is 213 g/mol. The van der Waals surface area contributed by atoms with Gasteiger partial charge in [0, 0.05) is 0 Å². The van der Waals surface area contributed by atoms with Gasteiger partial charge in [-0.25, -0.2) is 0 Å². The maximum Gasteiger partial charge on any atom is 0.323 e. The minimum Gasteiger partial charge on any atom is -0.480 e. The summed E-state index contributed by atoms with van der Waals surface area (Å²) in [5, 5.41) is 9.00. The summed E-state index contributed by atoms with van der Waals surface area (Å²) in [7, 11) is 1.86. The predicted molar refractivity (Wildman–Crippen MR) is 63.0 cm³/mol. The molecule has 0 heterocycles. The van der Waals surface area contributed by atoms with Crippen molar-refractivity contribution in [2.75, 3.05) is 13.6 Å². The van der Waals surface area contributed by atoms with Crippen LogP contribution in [0, 0.1) is 0 Å². The van der Waals surface area contributed by atoms with E-state index < -0.39 is 11.5 Å². The van der Waals surface area contributed by atoms with Gasteiger partial charge in [-0.1, -0.05) is 12.5 Å². The first-order chi connectivity index (χ1) is 6.92. The van der Waals surface area contributed by atoms with Crippen LogP contribution in [0.4, 0.5) is 0 Å². The third-order valence-corrected chi connectivity index (χ3v) is 2.88. The third-order valence-electron chi connectivity index (χ3n) is 2.88. The summed E-state index contributed by atoms with van der Waals surface area (Å²) in [6.45, 7) is 7.97. The van der Waals surface area contributed by atoms with Crippen LogP contribution < -0.4 is 0 Å². The van der Waals surface area contributed by atoms with E-state index in [9.17, 15) is 4.79 Å². The van der Waals surface area contributed by atoms with Crippen molar-refractivity contribution in [3.05, 3.63) is 12.7 Å². The number of carboxylic acid groups (broad SMARTS) is 1. The van der Waals surface area contributed by atoms with Gasteiger partial charge >= 0.3 is 5.97 Å². The molecule has 0 aliphatic rings. The highest BCUT2D eigenvalue weighted by Crippen LogP contribution is 2.13. The Morgan fingerprint density at radius 1 is 1.40 bits per heavy atom. The Hall–Kier alpha value is -0.830. The molecule has 0 aromatic heterocycles. The smallest absolute Gasteiger partial charge is 0.323 e. The van der Waals surface area contributed by atoms with E-state index in [0.29, 0.717) is 0 Å². The summed E-state index contributed by atoms with van der Waals surface area (Å²) in [5.74, 6) is -0.768. The summed E-state index contributed by atoms with van der Waals surface area (Å²) >= 11 is 0. The lowest BCUT2D eigenvalue weighted by molar-refractivity contribution is -0.148. The number of nitrogens with zero attached hydrogens (tertiary/aromatic N) is 1. The maximum atomic E-state index is 10.9. The summed E-state index contributed by atoms with van der Waals surface area (Å²) in [4.78, 5) is 12.8. The lowest BCUT2D eigenvalue weighted by Crippen LogP contribution is -2.48. The number of hydrogen-bond donors (Lipinski definition) is 1. The van der Waals surface area contributed by atoms with Gasteiger partial charge in [0.25, 0.3) is 0 Å². The fraction of sp³-hybridized carbons (Fsp3) is 0.750. The molecule has 15 heavy (non-hydrogen) atoms. The molecule has 0 spiro atoms. The predicted octanol–water partition coefficient (Wildman–Crippen LogP) is 2.53. The average Bonchev–Trinajstić information content (AvgIpc) is 2.16. The third kappa shape index (κ3) is 4.98. The van der Waals surface area contributed by atoms with Gasteiger partial charge in [0.1, 0.15) is 5.54 Å². The fourth-order valence-electron chi connectivity index (χ4n) is 1.26. The van der Waals surface area contributed by atoms with Gasteiger partial charge in [0.05, 0.1) is 0 Å². The van der Waals surface area contributed by atoms with Gasteiger partial charge in [-0.3, -0.25) is 9.69 Å². The Labute approximate surface area is 92.8 Å². The number of carbonyl (C=O) groups is 1. The van der Waals surface area contributed by atoms with Gasteiger partial charge in [-0.2, -0.15) is 0 Å². The van der Waals surface area contributed by atoms with Crippen LogP contribution in [0.25, 0.3) is 0 Å². The first-order valence-corrected chi connectivity index (χ1v) is 5.48. The van der Waals surface area contributed by atoms with Gasteiger partial charge in [-0.15, -0.1) is 6.58 Å². The molecule has 0 fully saturated rings. The van der Waals surface area contributed by atoms with E-state index in [-0.39, 0.29) is 0 Å². The van der Waals surface area contributed by atoms with E-state index in [4.69, 9.17) is 5.11 Å². The normalized spacial score (nSPS) is 11.7. The summed E-state index contributed by atoms with van der Waals surface area (Å²) in [5.41, 5.74) is -0.765. The SMILES string of the molecule is C=CCCCCCN(C)C(C)(C)C(=O)O. The van der Waals surface area contributed by atoms with E-state index in [1.165, 1.54) is 0 Å². The molecule has 0 saturated carbocycles. The molecule has 0 atom stereocenters. The molecular weight excluding hydrogens is 190 g/mol. The zero-order valence-electron chi connectivity index (χ0n) is 10.1. The quantitative estimate of drug-likeness (QED) is 0.497. The molecule has 0 rings (SSSR count). The van der Waals surface area contributed by atoms with Gasteiger partial charge in [-0.05, 0) is 46.7 Å². The topological polar surface area (TPSA) is 40.5 Å². The lowest BCUT2D eigenvalue weighted by atomic mass is 10.0. The molecule has 0 bridgehead atoms. The Morgan fingerprint density at radius 2 is 2.00 bits per heavy atom. The van der Waals surface area contributed by atoms with Crippen LogP contribution in [0.3, 0.4) is 0 Å². The van der Waals surface area contributed by atoms with Crippen LogP contribution in [0.15, 0.2) is 12.7 Å². The first kappa shape index (κ1) is 14.2. The maximum absolute atomic E-state index is 10.9. The number of hydrogen-bond acceptors (Lipinski definition) is 2. The standard InChI is InChI=1S/C12H23NO2/c1-5-6-7-8-9-10-13(4)12(2,3)11(14)15/h5H,1,6-10H2,2-4H3,(H,14,15). The minimum absolute atomic E-state index is 0.765. The number of aliphatic carboxylic acids is 1. The van der Waals surface area contributed by atoms with Crippen molar-refractivity contribution in [1.82, 2.24) is 4.90 Å². The molecule has 0 saturated heterocycles. The van der Waals surface area contributed by atoms with Crippen molar-refractivity contribution in [1.29, 1.82) is 0 Å². The number of likely N-dealkylation sites (N-methyl/N-ethyl adjacent to an activating group) is 1. The summed E-state index contributed by atoms with van der Waals surface area (Å²) in [6.07, 6.45) is 6.29. The molecule has 3 heteroatoms. The highest BCUT2D eigenvalue weighted by molar-refractivity contribution is 5.77. The second kappa shape index (κ2) is 6.62. The van der Waals surface area contributed by atoms with Crippen molar-refractivity contribution >= 4 is 5.97 Å². The van der Waals surface area contributed by atoms with E-state index >= 15 is 0 Å². The van der Waals surface area contributed by atoms with Crippen LogP contribution in [0.1, 0.15) is 39.5 Å². The molecule has 0 aromatic carbocycles. The zero-order valence-corrected chi connectivity index (χ0v) is 10.1. The van der Waals surface area contributed by atoms with Crippen molar-refractivity contribution in [2.24, 2.45) is 0 Å². The first-order valence-electron chi connectivity index (χ1n) is 5.48. The van der Waals surface area contributed by atoms with E-state index in [1.807, 2.05) is 18.0 Å². The molecule has 3 nitrogen and oxygen atoms in total. The van der Waals surface area contributed by atoms with Crippen LogP contribution in [-0.4, -0.2) is 35.1 Å². The van der Waals surface area contributed by atoms with Gasteiger partial charge < -0.3 is 5.11 Å². The van der Waals surface area contributed by atoms with Crippen LogP contribution >= 0.6 is 0 Å². The molecule has 0 amide bonds. The van der Waals surface area contributed by atoms with Crippen molar-refractivity contribution in [2.45, 2.75) is 45.1 Å². The number of unbranched alkanes of at least 4 members (excludes halogenated alkanes) is 3. The number of carboxylic acids is 1. The van der Waals surface area contributed by atoms with Crippen molar-refractivity contribution in [3.63, 3.8) is 0 Å². The Balaban J connectivity index is 3.78. The molecule has 0 aliphatic carbocycles. The minimum atomic E-state index is -0.768. The fourth-order valence-corrected chi connectivity index (χ4v) is 1.26. The largest absolute Gasteiger partial charge is 0.480 e. The average molecular weight is 213 g/mol. The lowest BCUT2D eigenvalue weighted by Gasteiger charge is -2.31. The van der Waals surface area contributed by atoms with Crippen LogP contribution in [0.5, 0.6) is 0 Å². The zero-order chi connectivity index (χ0) is 11.9. The number of rotatable bonds is 8. The Morgan fingerprint density at radius 3 is 2.47 bits per heavy atom. The second-order valence-electron chi connectivity index (χ2n) is 4.42. The highest BCUT2D eigenvalue weighted by Gasteiger charge is 2.31. The molecular formula is C12H23NO2. The molecule has 88 valence electrons. The summed E-state index contributed by atoms with van der Waals surface area (Å²) in [6, 6.07) is 0. The second-order valence-corrected chi connectivity index (χ2v) is 4.42. The van der Waals surface area contributed by atoms with Crippen molar-refractivity contribution in [3.8, 4) is 0 Å². The highest BCUT2D eigenvalue weighted by atomic mass is 16.4. The van der Waals surface area contributed by atoms with Gasteiger partial charge in [0.2, 0.25) is 0 Å².